The van der Waals surface area contributed by atoms with Crippen LogP contribution in [0.5, 0.6) is 0 Å². The van der Waals surface area contributed by atoms with Gasteiger partial charge in [-0.25, -0.2) is 0 Å². The van der Waals surface area contributed by atoms with E-state index in [-0.39, 0.29) is 18.1 Å². The summed E-state index contributed by atoms with van der Waals surface area (Å²) >= 11 is 0. The van der Waals surface area contributed by atoms with Gasteiger partial charge < -0.3 is 24.8 Å². The number of hydrogen-bond donors (Lipinski definition) is 2. The highest BCUT2D eigenvalue weighted by atomic mass is 16.5. The van der Waals surface area contributed by atoms with Gasteiger partial charge in [0, 0.05) is 33.9 Å². The molecule has 0 bridgehead atoms. The van der Waals surface area contributed by atoms with Crippen molar-refractivity contribution in [3.05, 3.63) is 0 Å². The molecule has 18 heavy (non-hydrogen) atoms. The minimum Gasteiger partial charge on any atom is -0.382 e. The third-order valence-electron chi connectivity index (χ3n) is 2.94. The van der Waals surface area contributed by atoms with Gasteiger partial charge in [0.25, 0.3) is 0 Å². The first-order valence-corrected chi connectivity index (χ1v) is 6.38. The Morgan fingerprint density at radius 3 is 2.83 bits per heavy atom. The number of amides is 1. The molecule has 1 saturated heterocycles. The lowest BCUT2D eigenvalue weighted by Gasteiger charge is -2.11. The van der Waals surface area contributed by atoms with Crippen molar-refractivity contribution in [2.45, 2.75) is 25.0 Å². The summed E-state index contributed by atoms with van der Waals surface area (Å²) in [5.74, 6) is 0.0476. The number of methoxy groups -OCH3 is 2. The van der Waals surface area contributed by atoms with Crippen LogP contribution in [0.15, 0.2) is 0 Å². The van der Waals surface area contributed by atoms with Gasteiger partial charge in [-0.2, -0.15) is 0 Å². The maximum absolute atomic E-state index is 11.8. The Balaban J connectivity index is 1.97. The second kappa shape index (κ2) is 9.27. The average Bonchev–Trinajstić information content (AvgIpc) is 2.86. The summed E-state index contributed by atoms with van der Waals surface area (Å²) in [5.41, 5.74) is 0. The van der Waals surface area contributed by atoms with Gasteiger partial charge in [-0.05, 0) is 12.8 Å². The van der Waals surface area contributed by atoms with Crippen molar-refractivity contribution in [1.82, 2.24) is 10.6 Å². The van der Waals surface area contributed by atoms with Crippen LogP contribution in [-0.2, 0) is 19.0 Å². The van der Waals surface area contributed by atoms with E-state index >= 15 is 0 Å². The Morgan fingerprint density at radius 1 is 1.33 bits per heavy atom. The molecule has 0 radical (unpaired) electrons. The van der Waals surface area contributed by atoms with Crippen molar-refractivity contribution >= 4 is 5.91 Å². The van der Waals surface area contributed by atoms with Crippen LogP contribution in [0.3, 0.4) is 0 Å². The first-order valence-electron chi connectivity index (χ1n) is 6.38. The van der Waals surface area contributed by atoms with Crippen molar-refractivity contribution in [3.8, 4) is 0 Å². The second-order valence-electron chi connectivity index (χ2n) is 4.30. The van der Waals surface area contributed by atoms with E-state index in [2.05, 4.69) is 10.6 Å². The van der Waals surface area contributed by atoms with Gasteiger partial charge in [0.2, 0.25) is 5.91 Å². The van der Waals surface area contributed by atoms with Crippen LogP contribution in [0.2, 0.25) is 0 Å². The van der Waals surface area contributed by atoms with Crippen LogP contribution in [0.4, 0.5) is 0 Å². The van der Waals surface area contributed by atoms with Crippen LogP contribution in [-0.4, -0.2) is 65.2 Å². The molecule has 0 aromatic carbocycles. The molecule has 0 aromatic heterocycles. The molecule has 1 fully saturated rings. The fraction of sp³-hybridized carbons (Fsp3) is 0.917. The SMILES string of the molecule is COCCOCCCNC(=O)C1CC(OC)CN1. The Labute approximate surface area is 108 Å². The highest BCUT2D eigenvalue weighted by molar-refractivity contribution is 5.82. The Kier molecular flexibility index (Phi) is 7.91. The summed E-state index contributed by atoms with van der Waals surface area (Å²) < 4.78 is 15.4. The van der Waals surface area contributed by atoms with Gasteiger partial charge in [0.15, 0.2) is 0 Å². The largest absolute Gasteiger partial charge is 0.382 e. The van der Waals surface area contributed by atoms with Crippen LogP contribution in [0.25, 0.3) is 0 Å². The molecule has 106 valence electrons. The van der Waals surface area contributed by atoms with Crippen LogP contribution in [0, 0.1) is 0 Å². The highest BCUT2D eigenvalue weighted by Crippen LogP contribution is 2.09. The summed E-state index contributed by atoms with van der Waals surface area (Å²) in [6.45, 7) is 3.24. The zero-order chi connectivity index (χ0) is 13.2. The molecule has 2 atom stereocenters. The molecule has 0 aliphatic carbocycles. The smallest absolute Gasteiger partial charge is 0.237 e. The second-order valence-corrected chi connectivity index (χ2v) is 4.30. The summed E-state index contributed by atoms with van der Waals surface area (Å²) in [4.78, 5) is 11.8. The molecule has 6 nitrogen and oxygen atoms in total. The zero-order valence-corrected chi connectivity index (χ0v) is 11.2. The fourth-order valence-electron chi connectivity index (χ4n) is 1.84. The van der Waals surface area contributed by atoms with Gasteiger partial charge in [0.05, 0.1) is 25.4 Å². The molecular weight excluding hydrogens is 236 g/mol. The van der Waals surface area contributed by atoms with Crippen LogP contribution >= 0.6 is 0 Å². The Bertz CT molecular complexity index is 238. The van der Waals surface area contributed by atoms with Crippen molar-refractivity contribution in [1.29, 1.82) is 0 Å². The summed E-state index contributed by atoms with van der Waals surface area (Å²) in [6.07, 6.45) is 1.71. The van der Waals surface area contributed by atoms with E-state index in [1.807, 2.05) is 0 Å². The number of carbonyl (C=O) groups is 1. The lowest BCUT2D eigenvalue weighted by molar-refractivity contribution is -0.123. The van der Waals surface area contributed by atoms with E-state index in [1.165, 1.54) is 0 Å². The lowest BCUT2D eigenvalue weighted by Crippen LogP contribution is -2.40. The van der Waals surface area contributed by atoms with Gasteiger partial charge in [-0.1, -0.05) is 0 Å². The summed E-state index contributed by atoms with van der Waals surface area (Å²) in [5, 5.41) is 6.03. The van der Waals surface area contributed by atoms with E-state index in [0.717, 1.165) is 19.4 Å². The predicted molar refractivity (Wildman–Crippen MR) is 67.5 cm³/mol. The zero-order valence-electron chi connectivity index (χ0n) is 11.2. The molecule has 2 unspecified atom stereocenters. The lowest BCUT2D eigenvalue weighted by atomic mass is 10.2. The Morgan fingerprint density at radius 2 is 2.17 bits per heavy atom. The first kappa shape index (κ1) is 15.4. The fourth-order valence-corrected chi connectivity index (χ4v) is 1.84. The molecule has 0 saturated carbocycles. The number of rotatable bonds is 9. The monoisotopic (exact) mass is 260 g/mol. The maximum atomic E-state index is 11.8. The number of ether oxygens (including phenoxy) is 3. The number of carbonyl (C=O) groups excluding carboxylic acids is 1. The van der Waals surface area contributed by atoms with E-state index in [0.29, 0.717) is 26.4 Å². The predicted octanol–water partition coefficient (Wildman–Crippen LogP) is -0.467. The van der Waals surface area contributed by atoms with Gasteiger partial charge in [0.1, 0.15) is 0 Å². The molecule has 1 amide bonds. The number of hydrogen-bond acceptors (Lipinski definition) is 5. The average molecular weight is 260 g/mol. The van der Waals surface area contributed by atoms with E-state index in [4.69, 9.17) is 14.2 Å². The quantitative estimate of drug-likeness (QED) is 0.549. The van der Waals surface area contributed by atoms with E-state index in [1.54, 1.807) is 14.2 Å². The molecule has 1 aliphatic rings. The molecule has 0 aromatic rings. The molecule has 6 heteroatoms. The maximum Gasteiger partial charge on any atom is 0.237 e. The highest BCUT2D eigenvalue weighted by Gasteiger charge is 2.28. The normalized spacial score (nSPS) is 23.2. The van der Waals surface area contributed by atoms with Crippen molar-refractivity contribution in [3.63, 3.8) is 0 Å². The summed E-state index contributed by atoms with van der Waals surface area (Å²) in [6, 6.07) is -0.121. The minimum absolute atomic E-state index is 0.0476. The first-order chi connectivity index (χ1) is 8.77. The minimum atomic E-state index is -0.121. The van der Waals surface area contributed by atoms with Gasteiger partial charge in [-0.3, -0.25) is 4.79 Å². The van der Waals surface area contributed by atoms with Crippen LogP contribution < -0.4 is 10.6 Å². The van der Waals surface area contributed by atoms with Gasteiger partial charge >= 0.3 is 0 Å². The van der Waals surface area contributed by atoms with Crippen molar-refractivity contribution < 1.29 is 19.0 Å². The molecule has 1 heterocycles. The van der Waals surface area contributed by atoms with Crippen molar-refractivity contribution in [2.75, 3.05) is 47.1 Å². The molecule has 0 spiro atoms. The summed E-state index contributed by atoms with van der Waals surface area (Å²) in [7, 11) is 3.31. The Hall–Kier alpha value is -0.690. The standard InChI is InChI=1S/C12H24N2O4/c1-16-6-7-18-5-3-4-13-12(15)11-8-10(17-2)9-14-11/h10-11,14H,3-9H2,1-2H3,(H,13,15). The van der Waals surface area contributed by atoms with Crippen LogP contribution in [0.1, 0.15) is 12.8 Å². The van der Waals surface area contributed by atoms with Crippen molar-refractivity contribution in [2.24, 2.45) is 0 Å². The number of nitrogens with one attached hydrogen (secondary N) is 2. The van der Waals surface area contributed by atoms with E-state index < -0.39 is 0 Å². The third kappa shape index (κ3) is 5.77. The topological polar surface area (TPSA) is 68.8 Å². The van der Waals surface area contributed by atoms with Gasteiger partial charge in [-0.15, -0.1) is 0 Å². The third-order valence-corrected chi connectivity index (χ3v) is 2.94. The molecule has 1 aliphatic heterocycles. The van der Waals surface area contributed by atoms with E-state index in [9.17, 15) is 4.79 Å². The molecular formula is C12H24N2O4. The molecule has 1 rings (SSSR count). The molecule has 2 N–H and O–H groups in total.